The van der Waals surface area contributed by atoms with Crippen molar-refractivity contribution in [2.75, 3.05) is 12.3 Å². The fourth-order valence-corrected chi connectivity index (χ4v) is 4.26. The molecule has 6 nitrogen and oxygen atoms in total. The molecule has 0 saturated carbocycles. The summed E-state index contributed by atoms with van der Waals surface area (Å²) in [5.74, 6) is -0.753. The van der Waals surface area contributed by atoms with Gasteiger partial charge in [0.2, 0.25) is 0 Å². The van der Waals surface area contributed by atoms with Crippen LogP contribution in [-0.2, 0) is 11.5 Å². The molecular weight excluding hydrogens is 428 g/mol. The van der Waals surface area contributed by atoms with Crippen LogP contribution in [0.25, 0.3) is 28.2 Å². The molecule has 3 aromatic heterocycles. The molecular formula is C23H27F2N5OSi. The van der Waals surface area contributed by atoms with Crippen molar-refractivity contribution in [1.82, 2.24) is 18.9 Å². The van der Waals surface area contributed by atoms with Gasteiger partial charge >= 0.3 is 0 Å². The fourth-order valence-electron chi connectivity index (χ4n) is 3.50. The summed E-state index contributed by atoms with van der Waals surface area (Å²) in [7, 11) is -1.17. The number of nitrogens with zero attached hydrogens (tertiary/aromatic N) is 4. The molecule has 2 N–H and O–H groups in total. The van der Waals surface area contributed by atoms with Crippen LogP contribution in [0, 0.1) is 18.6 Å². The molecule has 168 valence electrons. The van der Waals surface area contributed by atoms with Gasteiger partial charge in [-0.15, -0.1) is 0 Å². The maximum absolute atomic E-state index is 14.5. The highest BCUT2D eigenvalue weighted by atomic mass is 28.3. The Labute approximate surface area is 186 Å². The first kappa shape index (κ1) is 22.2. The van der Waals surface area contributed by atoms with Gasteiger partial charge in [-0.2, -0.15) is 0 Å². The number of pyridine rings is 1. The van der Waals surface area contributed by atoms with E-state index in [0.29, 0.717) is 30.4 Å². The number of nitrogens with two attached hydrogens (primary N) is 1. The van der Waals surface area contributed by atoms with E-state index >= 15 is 0 Å². The minimum absolute atomic E-state index is 0.0977. The Morgan fingerprint density at radius 2 is 1.88 bits per heavy atom. The zero-order chi connectivity index (χ0) is 23.0. The summed E-state index contributed by atoms with van der Waals surface area (Å²) >= 11 is 0. The second-order valence-corrected chi connectivity index (χ2v) is 14.7. The number of ether oxygens (including phenoxy) is 1. The van der Waals surface area contributed by atoms with Crippen LogP contribution in [0.5, 0.6) is 0 Å². The molecule has 32 heavy (non-hydrogen) atoms. The number of imidazole rings is 2. The standard InChI is InChI=1S/C23H27F2N5OSi/c1-15-11-27-23(30(15)14-31-9-10-32(2,3)4)22-19-8-5-16(12-29(19)13-28-22)20-17(24)6-7-18(26)21(20)25/h5-8,11-13H,9-10,14,26H2,1-4H3. The van der Waals surface area contributed by atoms with Gasteiger partial charge in [-0.1, -0.05) is 25.7 Å². The van der Waals surface area contributed by atoms with Gasteiger partial charge in [0, 0.05) is 38.3 Å². The average molecular weight is 456 g/mol. The molecule has 1 aromatic carbocycles. The number of rotatable bonds is 7. The quantitative estimate of drug-likeness (QED) is 0.232. The summed E-state index contributed by atoms with van der Waals surface area (Å²) in [5, 5.41) is 0. The maximum Gasteiger partial charge on any atom is 0.163 e. The van der Waals surface area contributed by atoms with Gasteiger partial charge in [0.05, 0.1) is 16.8 Å². The van der Waals surface area contributed by atoms with Crippen molar-refractivity contribution in [3.8, 4) is 22.6 Å². The van der Waals surface area contributed by atoms with Crippen molar-refractivity contribution >= 4 is 19.3 Å². The lowest BCUT2D eigenvalue weighted by Gasteiger charge is -2.16. The molecule has 9 heteroatoms. The molecule has 0 spiro atoms. The Morgan fingerprint density at radius 3 is 2.62 bits per heavy atom. The number of nitrogen functional groups attached to an aromatic ring is 1. The molecule has 3 heterocycles. The van der Waals surface area contributed by atoms with Crippen molar-refractivity contribution < 1.29 is 13.5 Å². The average Bonchev–Trinajstić information content (AvgIpc) is 3.30. The Morgan fingerprint density at radius 1 is 1.09 bits per heavy atom. The van der Waals surface area contributed by atoms with Crippen molar-refractivity contribution in [1.29, 1.82) is 0 Å². The number of halogens is 2. The van der Waals surface area contributed by atoms with E-state index < -0.39 is 19.7 Å². The summed E-state index contributed by atoms with van der Waals surface area (Å²) < 4.78 is 38.4. The molecule has 0 radical (unpaired) electrons. The minimum Gasteiger partial charge on any atom is -0.396 e. The molecule has 0 bridgehead atoms. The third-order valence-electron chi connectivity index (χ3n) is 5.42. The van der Waals surface area contributed by atoms with Crippen LogP contribution in [0.2, 0.25) is 25.7 Å². The Hall–Kier alpha value is -3.04. The van der Waals surface area contributed by atoms with E-state index in [2.05, 4.69) is 29.6 Å². The molecule has 0 aliphatic heterocycles. The second kappa shape index (κ2) is 8.48. The van der Waals surface area contributed by atoms with Gasteiger partial charge in [-0.3, -0.25) is 0 Å². The van der Waals surface area contributed by atoms with Gasteiger partial charge in [0.25, 0.3) is 0 Å². The zero-order valence-electron chi connectivity index (χ0n) is 18.7. The molecule has 4 aromatic rings. The number of fused-ring (bicyclic) bond motifs is 1. The molecule has 0 aliphatic rings. The number of hydrogen-bond donors (Lipinski definition) is 1. The number of anilines is 1. The highest BCUT2D eigenvalue weighted by molar-refractivity contribution is 6.76. The lowest BCUT2D eigenvalue weighted by molar-refractivity contribution is 0.0870. The molecule has 0 unspecified atom stereocenters. The molecule has 4 rings (SSSR count). The van der Waals surface area contributed by atoms with Crippen molar-refractivity contribution in [2.45, 2.75) is 39.3 Å². The third kappa shape index (κ3) is 4.30. The van der Waals surface area contributed by atoms with E-state index in [1.807, 2.05) is 11.5 Å². The highest BCUT2D eigenvalue weighted by Crippen LogP contribution is 2.31. The summed E-state index contributed by atoms with van der Waals surface area (Å²) in [4.78, 5) is 9.06. The Bertz CT molecular complexity index is 1280. The molecule has 0 fully saturated rings. The Kier molecular flexibility index (Phi) is 5.87. The van der Waals surface area contributed by atoms with Crippen LogP contribution in [0.1, 0.15) is 5.69 Å². The van der Waals surface area contributed by atoms with Crippen LogP contribution < -0.4 is 5.73 Å². The van der Waals surface area contributed by atoms with Gasteiger partial charge in [-0.25, -0.2) is 18.7 Å². The largest absolute Gasteiger partial charge is 0.396 e. The van der Waals surface area contributed by atoms with E-state index in [0.717, 1.165) is 17.3 Å². The predicted octanol–water partition coefficient (Wildman–Crippen LogP) is 5.35. The van der Waals surface area contributed by atoms with Crippen molar-refractivity contribution in [3.05, 3.63) is 60.3 Å². The first-order chi connectivity index (χ1) is 15.2. The highest BCUT2D eigenvalue weighted by Gasteiger charge is 2.19. The molecule has 0 amide bonds. The summed E-state index contributed by atoms with van der Waals surface area (Å²) in [6.07, 6.45) is 5.03. The summed E-state index contributed by atoms with van der Waals surface area (Å²) in [6.45, 7) is 10.0. The maximum atomic E-state index is 14.5. The number of aryl methyl sites for hydroxylation is 1. The van der Waals surface area contributed by atoms with Gasteiger partial charge in [0.1, 0.15) is 24.6 Å². The van der Waals surface area contributed by atoms with E-state index in [9.17, 15) is 8.78 Å². The van der Waals surface area contributed by atoms with E-state index in [1.165, 1.54) is 12.1 Å². The zero-order valence-corrected chi connectivity index (χ0v) is 19.7. The fraction of sp³-hybridized carbons (Fsp3) is 0.304. The predicted molar refractivity (Wildman–Crippen MR) is 125 cm³/mol. The third-order valence-corrected chi connectivity index (χ3v) is 7.13. The first-order valence-corrected chi connectivity index (χ1v) is 14.2. The smallest absolute Gasteiger partial charge is 0.163 e. The van der Waals surface area contributed by atoms with Crippen LogP contribution in [0.15, 0.2) is 43.0 Å². The SMILES string of the molecule is Cc1cnc(-c2ncn3cc(-c4c(F)ccc(N)c4F)ccc23)n1COCC[Si](C)(C)C. The van der Waals surface area contributed by atoms with Crippen molar-refractivity contribution in [2.24, 2.45) is 0 Å². The van der Waals surface area contributed by atoms with E-state index in [1.54, 1.807) is 35.3 Å². The van der Waals surface area contributed by atoms with Gasteiger partial charge < -0.3 is 19.4 Å². The molecule has 0 atom stereocenters. The van der Waals surface area contributed by atoms with Crippen LogP contribution >= 0.6 is 0 Å². The lowest BCUT2D eigenvalue weighted by atomic mass is 10.0. The van der Waals surface area contributed by atoms with Crippen LogP contribution in [-0.4, -0.2) is 33.6 Å². The van der Waals surface area contributed by atoms with Gasteiger partial charge in [-0.05, 0) is 31.2 Å². The second-order valence-electron chi connectivity index (χ2n) is 9.13. The Balaban J connectivity index is 1.66. The van der Waals surface area contributed by atoms with E-state index in [4.69, 9.17) is 10.5 Å². The number of aromatic nitrogens is 4. The monoisotopic (exact) mass is 455 g/mol. The summed E-state index contributed by atoms with van der Waals surface area (Å²) in [6, 6.07) is 6.91. The number of benzene rings is 1. The first-order valence-electron chi connectivity index (χ1n) is 10.5. The van der Waals surface area contributed by atoms with Crippen LogP contribution in [0.3, 0.4) is 0 Å². The normalized spacial score (nSPS) is 12.1. The van der Waals surface area contributed by atoms with Gasteiger partial charge in [0.15, 0.2) is 11.6 Å². The molecule has 0 saturated heterocycles. The topological polar surface area (TPSA) is 70.4 Å². The number of hydrogen-bond acceptors (Lipinski definition) is 4. The summed E-state index contributed by atoms with van der Waals surface area (Å²) in [5.41, 5.74) is 8.16. The lowest BCUT2D eigenvalue weighted by Crippen LogP contribution is -2.22. The minimum atomic E-state index is -1.17. The van der Waals surface area contributed by atoms with E-state index in [-0.39, 0.29) is 11.3 Å². The molecule has 0 aliphatic carbocycles. The van der Waals surface area contributed by atoms with Crippen LogP contribution in [0.4, 0.5) is 14.5 Å². The van der Waals surface area contributed by atoms with Crippen molar-refractivity contribution in [3.63, 3.8) is 0 Å².